The van der Waals surface area contributed by atoms with Crippen molar-refractivity contribution in [3.8, 4) is 0 Å². The van der Waals surface area contributed by atoms with Crippen LogP contribution in [-0.4, -0.2) is 35.5 Å². The van der Waals surface area contributed by atoms with Crippen LogP contribution in [0.25, 0.3) is 0 Å². The van der Waals surface area contributed by atoms with Crippen molar-refractivity contribution in [1.82, 2.24) is 15.2 Å². The van der Waals surface area contributed by atoms with Crippen LogP contribution in [0.2, 0.25) is 0 Å². The van der Waals surface area contributed by atoms with Gasteiger partial charge in [0.2, 0.25) is 0 Å². The summed E-state index contributed by atoms with van der Waals surface area (Å²) in [6.07, 6.45) is 8.72. The molecule has 1 aliphatic heterocycles. The Bertz CT molecular complexity index is 497. The Morgan fingerprint density at radius 2 is 2.05 bits per heavy atom. The van der Waals surface area contributed by atoms with Gasteiger partial charge in [-0.1, -0.05) is 19.8 Å². The Kier molecular flexibility index (Phi) is 5.34. The van der Waals surface area contributed by atoms with Crippen molar-refractivity contribution < 1.29 is 0 Å². The molecule has 4 nitrogen and oxygen atoms in total. The number of guanidine groups is 1. The zero-order valence-electron chi connectivity index (χ0n) is 13.8. The van der Waals surface area contributed by atoms with Crippen molar-refractivity contribution in [2.24, 2.45) is 16.8 Å². The average molecular weight is 321 g/mol. The van der Waals surface area contributed by atoms with E-state index in [1.54, 1.807) is 11.3 Å². The van der Waals surface area contributed by atoms with E-state index >= 15 is 0 Å². The van der Waals surface area contributed by atoms with Crippen molar-refractivity contribution >= 4 is 17.3 Å². The molecule has 2 unspecified atom stereocenters. The minimum atomic E-state index is 0.707. The molecular weight excluding hydrogens is 292 g/mol. The third-order valence-electron chi connectivity index (χ3n) is 4.92. The van der Waals surface area contributed by atoms with E-state index in [2.05, 4.69) is 29.0 Å². The number of hydrogen-bond acceptors (Lipinski definition) is 3. The first-order chi connectivity index (χ1) is 10.8. The number of aromatic nitrogens is 1. The highest BCUT2D eigenvalue weighted by molar-refractivity contribution is 7.11. The Morgan fingerprint density at radius 3 is 2.64 bits per heavy atom. The van der Waals surface area contributed by atoms with E-state index in [1.807, 2.05) is 6.20 Å². The molecule has 1 saturated carbocycles. The molecule has 1 saturated heterocycles. The lowest BCUT2D eigenvalue weighted by Gasteiger charge is -2.22. The fraction of sp³-hybridized carbons (Fsp3) is 0.765. The van der Waals surface area contributed by atoms with Gasteiger partial charge in [0.05, 0.1) is 6.54 Å². The molecule has 5 heteroatoms. The van der Waals surface area contributed by atoms with Crippen LogP contribution < -0.4 is 5.32 Å². The summed E-state index contributed by atoms with van der Waals surface area (Å²) in [7, 11) is 0. The Balaban J connectivity index is 1.65. The van der Waals surface area contributed by atoms with Crippen LogP contribution in [0, 0.1) is 11.8 Å². The molecule has 2 atom stereocenters. The predicted molar refractivity (Wildman–Crippen MR) is 93.3 cm³/mol. The summed E-state index contributed by atoms with van der Waals surface area (Å²) >= 11 is 1.79. The first-order valence-electron chi connectivity index (χ1n) is 8.77. The molecule has 1 N–H and O–H groups in total. The van der Waals surface area contributed by atoms with Gasteiger partial charge >= 0.3 is 0 Å². The van der Waals surface area contributed by atoms with Gasteiger partial charge in [0.1, 0.15) is 5.01 Å². The SMILES string of the molecule is CCNC(=NCc1ncc(CC)s1)N1CC2CCCCC2C1. The maximum absolute atomic E-state index is 4.85. The van der Waals surface area contributed by atoms with Gasteiger partial charge < -0.3 is 10.2 Å². The van der Waals surface area contributed by atoms with Crippen LogP contribution >= 0.6 is 11.3 Å². The number of likely N-dealkylation sites (tertiary alicyclic amines) is 1. The normalized spacial score (nSPS) is 25.4. The lowest BCUT2D eigenvalue weighted by atomic mass is 9.82. The van der Waals surface area contributed by atoms with Crippen molar-refractivity contribution in [3.63, 3.8) is 0 Å². The van der Waals surface area contributed by atoms with Gasteiger partial charge in [0, 0.05) is 30.7 Å². The molecule has 0 bridgehead atoms. The number of aliphatic imine (C=N–C) groups is 1. The predicted octanol–water partition coefficient (Wildman–Crippen LogP) is 3.29. The molecule has 0 spiro atoms. The van der Waals surface area contributed by atoms with E-state index in [0.29, 0.717) is 6.54 Å². The molecule has 1 aromatic heterocycles. The van der Waals surface area contributed by atoms with Crippen molar-refractivity contribution in [1.29, 1.82) is 0 Å². The Labute approximate surface area is 138 Å². The zero-order valence-corrected chi connectivity index (χ0v) is 14.7. The van der Waals surface area contributed by atoms with Crippen molar-refractivity contribution in [2.75, 3.05) is 19.6 Å². The highest BCUT2D eigenvalue weighted by atomic mass is 32.1. The van der Waals surface area contributed by atoms with E-state index in [9.17, 15) is 0 Å². The van der Waals surface area contributed by atoms with Crippen LogP contribution in [0.15, 0.2) is 11.2 Å². The number of nitrogens with one attached hydrogen (secondary N) is 1. The average Bonchev–Trinajstić information content (AvgIpc) is 3.17. The standard InChI is InChI=1S/C17H28N4S/c1-3-15-9-19-16(22-15)10-20-17(18-4-2)21-11-13-7-5-6-8-14(13)12-21/h9,13-14H,3-8,10-12H2,1-2H3,(H,18,20). The molecule has 1 aromatic rings. The van der Waals surface area contributed by atoms with Gasteiger partial charge in [0.25, 0.3) is 0 Å². The number of rotatable bonds is 4. The number of fused-ring (bicyclic) bond motifs is 1. The third-order valence-corrected chi connectivity index (χ3v) is 6.05. The maximum Gasteiger partial charge on any atom is 0.194 e. The second-order valence-corrected chi connectivity index (χ2v) is 7.65. The molecule has 0 aromatic carbocycles. The molecule has 2 heterocycles. The lowest BCUT2D eigenvalue weighted by Crippen LogP contribution is -2.40. The van der Waals surface area contributed by atoms with Crippen LogP contribution in [0.5, 0.6) is 0 Å². The van der Waals surface area contributed by atoms with E-state index in [-0.39, 0.29) is 0 Å². The van der Waals surface area contributed by atoms with E-state index < -0.39 is 0 Å². The lowest BCUT2D eigenvalue weighted by molar-refractivity contribution is 0.299. The van der Waals surface area contributed by atoms with Gasteiger partial charge in [-0.05, 0) is 38.0 Å². The molecule has 0 radical (unpaired) electrons. The van der Waals surface area contributed by atoms with Gasteiger partial charge in [0.15, 0.2) is 5.96 Å². The molecular formula is C17H28N4S. The van der Waals surface area contributed by atoms with Gasteiger partial charge in [-0.2, -0.15) is 0 Å². The minimum absolute atomic E-state index is 0.707. The fourth-order valence-electron chi connectivity index (χ4n) is 3.73. The summed E-state index contributed by atoms with van der Waals surface area (Å²) < 4.78 is 0. The quantitative estimate of drug-likeness (QED) is 0.683. The molecule has 122 valence electrons. The highest BCUT2D eigenvalue weighted by Gasteiger charge is 2.35. The summed E-state index contributed by atoms with van der Waals surface area (Å²) in [5, 5.41) is 4.61. The van der Waals surface area contributed by atoms with Crippen LogP contribution in [-0.2, 0) is 13.0 Å². The molecule has 2 fully saturated rings. The van der Waals surface area contributed by atoms with E-state index in [4.69, 9.17) is 4.99 Å². The van der Waals surface area contributed by atoms with Crippen molar-refractivity contribution in [3.05, 3.63) is 16.1 Å². The molecule has 3 rings (SSSR count). The van der Waals surface area contributed by atoms with E-state index in [1.165, 1.54) is 43.6 Å². The van der Waals surface area contributed by atoms with Crippen LogP contribution in [0.3, 0.4) is 0 Å². The topological polar surface area (TPSA) is 40.5 Å². The summed E-state index contributed by atoms with van der Waals surface area (Å²) in [6, 6.07) is 0. The fourth-order valence-corrected chi connectivity index (χ4v) is 4.52. The molecule has 1 aliphatic carbocycles. The first-order valence-corrected chi connectivity index (χ1v) is 9.58. The number of aryl methyl sites for hydroxylation is 1. The smallest absolute Gasteiger partial charge is 0.194 e. The summed E-state index contributed by atoms with van der Waals surface area (Å²) in [5.41, 5.74) is 0. The van der Waals surface area contributed by atoms with Gasteiger partial charge in [-0.3, -0.25) is 0 Å². The monoisotopic (exact) mass is 320 g/mol. The van der Waals surface area contributed by atoms with E-state index in [0.717, 1.165) is 35.8 Å². The summed E-state index contributed by atoms with van der Waals surface area (Å²) in [4.78, 5) is 13.2. The summed E-state index contributed by atoms with van der Waals surface area (Å²) in [6.45, 7) is 8.35. The van der Waals surface area contributed by atoms with Crippen LogP contribution in [0.1, 0.15) is 49.4 Å². The second kappa shape index (κ2) is 7.44. The molecule has 0 amide bonds. The summed E-state index contributed by atoms with van der Waals surface area (Å²) in [5.74, 6) is 2.87. The number of thiazole rings is 1. The highest BCUT2D eigenvalue weighted by Crippen LogP contribution is 2.36. The first kappa shape index (κ1) is 15.8. The van der Waals surface area contributed by atoms with Gasteiger partial charge in [-0.15, -0.1) is 11.3 Å². The maximum atomic E-state index is 4.85. The Hall–Kier alpha value is -1.10. The van der Waals surface area contributed by atoms with Gasteiger partial charge in [-0.25, -0.2) is 9.98 Å². The number of hydrogen-bond donors (Lipinski definition) is 1. The molecule has 2 aliphatic rings. The minimum Gasteiger partial charge on any atom is -0.357 e. The van der Waals surface area contributed by atoms with Crippen molar-refractivity contribution in [2.45, 2.75) is 52.5 Å². The van der Waals surface area contributed by atoms with Crippen LogP contribution in [0.4, 0.5) is 0 Å². The number of nitrogens with zero attached hydrogens (tertiary/aromatic N) is 3. The molecule has 22 heavy (non-hydrogen) atoms. The largest absolute Gasteiger partial charge is 0.357 e. The second-order valence-electron chi connectivity index (χ2n) is 6.45. The zero-order chi connectivity index (χ0) is 15.4. The Morgan fingerprint density at radius 1 is 1.32 bits per heavy atom. The third kappa shape index (κ3) is 3.62.